The molecule has 2 aliphatic carbocycles. The minimum Gasteiger partial charge on any atom is -0.359 e. The third-order valence-electron chi connectivity index (χ3n) is 6.05. The Bertz CT molecular complexity index is 653. The molecule has 0 heterocycles. The van der Waals surface area contributed by atoms with Crippen molar-refractivity contribution < 1.29 is 9.59 Å². The van der Waals surface area contributed by atoms with E-state index in [2.05, 4.69) is 16.0 Å². The van der Waals surface area contributed by atoms with Gasteiger partial charge in [0, 0.05) is 24.0 Å². The van der Waals surface area contributed by atoms with Gasteiger partial charge in [0.25, 0.3) is 0 Å². The number of carbonyl (C=O) groups excluding carboxylic acids is 2. The predicted octanol–water partition coefficient (Wildman–Crippen LogP) is 4.18. The molecule has 0 radical (unpaired) electrons. The van der Waals surface area contributed by atoms with E-state index in [9.17, 15) is 9.59 Å². The number of benzene rings is 1. The summed E-state index contributed by atoms with van der Waals surface area (Å²) in [5, 5.41) is 9.75. The topological polar surface area (TPSA) is 70.2 Å². The fourth-order valence-electron chi connectivity index (χ4n) is 4.54. The van der Waals surface area contributed by atoms with Crippen LogP contribution in [-0.2, 0) is 4.79 Å². The van der Waals surface area contributed by atoms with E-state index in [1.807, 2.05) is 24.3 Å². The first-order chi connectivity index (χ1) is 13.1. The summed E-state index contributed by atoms with van der Waals surface area (Å²) in [6.07, 6.45) is 8.04. The van der Waals surface area contributed by atoms with E-state index < -0.39 is 0 Å². The molecule has 3 N–H and O–H groups in total. The molecule has 27 heavy (non-hydrogen) atoms. The number of carbonyl (C=O) groups is 2. The summed E-state index contributed by atoms with van der Waals surface area (Å²) in [6.45, 7) is 0. The van der Waals surface area contributed by atoms with Crippen LogP contribution >= 0.6 is 11.6 Å². The van der Waals surface area contributed by atoms with E-state index in [0.29, 0.717) is 10.9 Å². The number of urea groups is 1. The summed E-state index contributed by atoms with van der Waals surface area (Å²) in [5.74, 6) is 0.646. The van der Waals surface area contributed by atoms with Crippen LogP contribution < -0.4 is 16.0 Å². The van der Waals surface area contributed by atoms with E-state index in [4.69, 9.17) is 11.6 Å². The van der Waals surface area contributed by atoms with Crippen molar-refractivity contribution in [2.75, 3.05) is 7.05 Å². The predicted molar refractivity (Wildman–Crippen MR) is 108 cm³/mol. The van der Waals surface area contributed by atoms with Gasteiger partial charge in [-0.3, -0.25) is 4.79 Å². The first-order valence-electron chi connectivity index (χ1n) is 10.1. The number of rotatable bonds is 5. The molecule has 5 nitrogen and oxygen atoms in total. The largest absolute Gasteiger partial charge is 0.359 e. The molecule has 2 saturated carbocycles. The molecule has 1 unspecified atom stereocenters. The Labute approximate surface area is 166 Å². The summed E-state index contributed by atoms with van der Waals surface area (Å²) in [4.78, 5) is 24.4. The second-order valence-electron chi connectivity index (χ2n) is 7.86. The fourth-order valence-corrected chi connectivity index (χ4v) is 4.74. The van der Waals surface area contributed by atoms with E-state index in [1.165, 1.54) is 12.8 Å². The van der Waals surface area contributed by atoms with Gasteiger partial charge < -0.3 is 16.0 Å². The molecule has 2 fully saturated rings. The molecule has 6 heteroatoms. The van der Waals surface area contributed by atoms with E-state index in [0.717, 1.165) is 44.1 Å². The van der Waals surface area contributed by atoms with Crippen LogP contribution in [-0.4, -0.2) is 25.0 Å². The lowest BCUT2D eigenvalue weighted by atomic mass is 9.85. The first kappa shape index (κ1) is 20.0. The lowest BCUT2D eigenvalue weighted by molar-refractivity contribution is -0.125. The van der Waals surface area contributed by atoms with Gasteiger partial charge in [-0.05, 0) is 62.1 Å². The molecule has 0 aromatic heterocycles. The summed E-state index contributed by atoms with van der Waals surface area (Å²) in [7, 11) is 1.68. The number of nitrogens with one attached hydrogen (secondary N) is 3. The molecule has 1 aromatic carbocycles. The molecule has 0 aliphatic heterocycles. The number of amides is 3. The highest BCUT2D eigenvalue weighted by Gasteiger charge is 2.30. The summed E-state index contributed by atoms with van der Waals surface area (Å²) in [5.41, 5.74) is 1.08. The summed E-state index contributed by atoms with van der Waals surface area (Å²) >= 11 is 6.18. The van der Waals surface area contributed by atoms with Gasteiger partial charge in [0.05, 0.1) is 6.04 Å². The molecule has 3 amide bonds. The standard InChI is InChI=1S/C21H30ClN3O2/c1-23-20(26)15-9-11-18(12-10-15)24-21(27)25-19(14-5-2-3-6-14)16-7-4-8-17(22)13-16/h4,7-8,13-15,18-19H,2-3,5-6,9-12H2,1H3,(H,23,26)(H2,24,25,27). The van der Waals surface area contributed by atoms with Crippen molar-refractivity contribution in [2.24, 2.45) is 11.8 Å². The zero-order valence-electron chi connectivity index (χ0n) is 16.0. The average molecular weight is 392 g/mol. The van der Waals surface area contributed by atoms with Gasteiger partial charge in [-0.2, -0.15) is 0 Å². The number of hydrogen-bond acceptors (Lipinski definition) is 2. The Balaban J connectivity index is 1.57. The Kier molecular flexibility index (Phi) is 7.00. The molecule has 3 rings (SSSR count). The monoisotopic (exact) mass is 391 g/mol. The normalized spacial score (nSPS) is 24.2. The third kappa shape index (κ3) is 5.38. The van der Waals surface area contributed by atoms with E-state index in [-0.39, 0.29) is 29.9 Å². The molecular formula is C21H30ClN3O2. The molecule has 0 spiro atoms. The van der Waals surface area contributed by atoms with Crippen molar-refractivity contribution in [3.63, 3.8) is 0 Å². The van der Waals surface area contributed by atoms with Gasteiger partial charge in [-0.1, -0.05) is 36.6 Å². The Morgan fingerprint density at radius 3 is 2.41 bits per heavy atom. The van der Waals surface area contributed by atoms with Crippen LogP contribution in [0, 0.1) is 11.8 Å². The maximum Gasteiger partial charge on any atom is 0.315 e. The van der Waals surface area contributed by atoms with Gasteiger partial charge in [0.2, 0.25) is 5.91 Å². The fraction of sp³-hybridized carbons (Fsp3) is 0.619. The van der Waals surface area contributed by atoms with Crippen molar-refractivity contribution >= 4 is 23.5 Å². The Morgan fingerprint density at radius 2 is 1.78 bits per heavy atom. The molecule has 1 aromatic rings. The molecule has 0 bridgehead atoms. The van der Waals surface area contributed by atoms with Gasteiger partial charge in [-0.25, -0.2) is 4.79 Å². The molecular weight excluding hydrogens is 362 g/mol. The van der Waals surface area contributed by atoms with Crippen LogP contribution in [0.1, 0.15) is 63.0 Å². The number of halogens is 1. The van der Waals surface area contributed by atoms with Gasteiger partial charge in [0.1, 0.15) is 0 Å². The smallest absolute Gasteiger partial charge is 0.315 e. The minimum absolute atomic E-state index is 0.00610. The highest BCUT2D eigenvalue weighted by molar-refractivity contribution is 6.30. The highest BCUT2D eigenvalue weighted by Crippen LogP contribution is 2.36. The quantitative estimate of drug-likeness (QED) is 0.704. The van der Waals surface area contributed by atoms with Crippen LogP contribution in [0.25, 0.3) is 0 Å². The summed E-state index contributed by atoms with van der Waals surface area (Å²) in [6, 6.07) is 7.82. The van der Waals surface area contributed by atoms with Crippen molar-refractivity contribution in [1.29, 1.82) is 0 Å². The maximum absolute atomic E-state index is 12.7. The minimum atomic E-state index is -0.115. The third-order valence-corrected chi connectivity index (χ3v) is 6.28. The van der Waals surface area contributed by atoms with Gasteiger partial charge in [-0.15, -0.1) is 0 Å². The maximum atomic E-state index is 12.7. The number of hydrogen-bond donors (Lipinski definition) is 3. The van der Waals surface area contributed by atoms with Crippen LogP contribution in [0.2, 0.25) is 5.02 Å². The van der Waals surface area contributed by atoms with Crippen molar-refractivity contribution in [1.82, 2.24) is 16.0 Å². The first-order valence-corrected chi connectivity index (χ1v) is 10.5. The van der Waals surface area contributed by atoms with Crippen molar-refractivity contribution in [3.05, 3.63) is 34.9 Å². The van der Waals surface area contributed by atoms with Crippen molar-refractivity contribution in [2.45, 2.75) is 63.5 Å². The second-order valence-corrected chi connectivity index (χ2v) is 8.29. The Hall–Kier alpha value is -1.75. The van der Waals surface area contributed by atoms with Crippen LogP contribution in [0.5, 0.6) is 0 Å². The SMILES string of the molecule is CNC(=O)C1CCC(NC(=O)NC(c2cccc(Cl)c2)C2CCCC2)CC1. The zero-order valence-corrected chi connectivity index (χ0v) is 16.7. The van der Waals surface area contributed by atoms with E-state index >= 15 is 0 Å². The van der Waals surface area contributed by atoms with E-state index in [1.54, 1.807) is 7.05 Å². The summed E-state index contributed by atoms with van der Waals surface area (Å²) < 4.78 is 0. The average Bonchev–Trinajstić information content (AvgIpc) is 3.20. The van der Waals surface area contributed by atoms with Crippen LogP contribution in [0.15, 0.2) is 24.3 Å². The molecule has 0 saturated heterocycles. The van der Waals surface area contributed by atoms with Crippen LogP contribution in [0.4, 0.5) is 4.79 Å². The lowest BCUT2D eigenvalue weighted by Gasteiger charge is -2.30. The Morgan fingerprint density at radius 1 is 1.07 bits per heavy atom. The second kappa shape index (κ2) is 9.45. The molecule has 1 atom stereocenters. The van der Waals surface area contributed by atoms with Crippen LogP contribution in [0.3, 0.4) is 0 Å². The lowest BCUT2D eigenvalue weighted by Crippen LogP contribution is -2.46. The highest BCUT2D eigenvalue weighted by atomic mass is 35.5. The van der Waals surface area contributed by atoms with Gasteiger partial charge in [0.15, 0.2) is 0 Å². The van der Waals surface area contributed by atoms with Crippen molar-refractivity contribution in [3.8, 4) is 0 Å². The van der Waals surface area contributed by atoms with Gasteiger partial charge >= 0.3 is 6.03 Å². The molecule has 148 valence electrons. The molecule has 2 aliphatic rings. The zero-order chi connectivity index (χ0) is 19.2.